The highest BCUT2D eigenvalue weighted by molar-refractivity contribution is 6.04. The minimum atomic E-state index is -0.956. The van der Waals surface area contributed by atoms with Crippen LogP contribution in [0.5, 0.6) is 11.5 Å². The molecular formula is C13H12O5. The minimum absolute atomic E-state index is 0.0194. The third kappa shape index (κ3) is 1.47. The van der Waals surface area contributed by atoms with E-state index in [-0.39, 0.29) is 23.2 Å². The van der Waals surface area contributed by atoms with E-state index in [4.69, 9.17) is 9.84 Å². The van der Waals surface area contributed by atoms with Crippen molar-refractivity contribution in [1.29, 1.82) is 0 Å². The number of rotatable bonds is 1. The zero-order valence-electron chi connectivity index (χ0n) is 9.50. The molecule has 0 aromatic heterocycles. The molecule has 1 aromatic carbocycles. The summed E-state index contributed by atoms with van der Waals surface area (Å²) in [6.07, 6.45) is 0.681. The SMILES string of the molecule is O=C1c2cc(O)ccc2O[C@H]2CC[C@H](C(=O)O)[C@@H]12. The maximum Gasteiger partial charge on any atom is 0.307 e. The smallest absolute Gasteiger partial charge is 0.307 e. The summed E-state index contributed by atoms with van der Waals surface area (Å²) in [7, 11) is 0. The Morgan fingerprint density at radius 1 is 1.33 bits per heavy atom. The summed E-state index contributed by atoms with van der Waals surface area (Å²) < 4.78 is 5.67. The minimum Gasteiger partial charge on any atom is -0.508 e. The standard InChI is InChI=1S/C13H12O5/c14-6-1-3-9-8(5-6)12(15)11-7(13(16)17)2-4-10(11)18-9/h1,3,5,7,10-11,14H,2,4H2,(H,16,17)/t7-,10-,11+/m0/s1. The van der Waals surface area contributed by atoms with Gasteiger partial charge in [-0.25, -0.2) is 0 Å². The molecule has 5 nitrogen and oxygen atoms in total. The van der Waals surface area contributed by atoms with Gasteiger partial charge in [-0.05, 0) is 31.0 Å². The van der Waals surface area contributed by atoms with Gasteiger partial charge in [0.2, 0.25) is 0 Å². The lowest BCUT2D eigenvalue weighted by Gasteiger charge is -2.29. The monoisotopic (exact) mass is 248 g/mol. The summed E-state index contributed by atoms with van der Waals surface area (Å²) in [5, 5.41) is 18.5. The van der Waals surface area contributed by atoms with Crippen molar-refractivity contribution in [3.63, 3.8) is 0 Å². The zero-order chi connectivity index (χ0) is 12.9. The van der Waals surface area contributed by atoms with Gasteiger partial charge < -0.3 is 14.9 Å². The number of hydrogen-bond donors (Lipinski definition) is 2. The van der Waals surface area contributed by atoms with Crippen molar-refractivity contribution in [2.75, 3.05) is 0 Å². The van der Waals surface area contributed by atoms with Gasteiger partial charge >= 0.3 is 5.97 Å². The summed E-state index contributed by atoms with van der Waals surface area (Å²) in [4.78, 5) is 23.4. The van der Waals surface area contributed by atoms with Gasteiger partial charge in [0.1, 0.15) is 17.6 Å². The van der Waals surface area contributed by atoms with E-state index in [1.54, 1.807) is 6.07 Å². The molecule has 1 aliphatic carbocycles. The van der Waals surface area contributed by atoms with Gasteiger partial charge in [0, 0.05) is 0 Å². The first-order chi connectivity index (χ1) is 8.58. The van der Waals surface area contributed by atoms with Crippen molar-refractivity contribution >= 4 is 11.8 Å². The van der Waals surface area contributed by atoms with E-state index in [1.165, 1.54) is 12.1 Å². The van der Waals surface area contributed by atoms with Gasteiger partial charge in [-0.15, -0.1) is 0 Å². The molecule has 2 aliphatic rings. The average Bonchev–Trinajstić information content (AvgIpc) is 2.74. The van der Waals surface area contributed by atoms with E-state index in [0.717, 1.165) is 0 Å². The molecule has 0 unspecified atom stereocenters. The van der Waals surface area contributed by atoms with Crippen LogP contribution in [0.3, 0.4) is 0 Å². The quantitative estimate of drug-likeness (QED) is 0.785. The fraction of sp³-hybridized carbons (Fsp3) is 0.385. The van der Waals surface area contributed by atoms with E-state index in [2.05, 4.69) is 0 Å². The lowest BCUT2D eigenvalue weighted by Crippen LogP contribution is -2.38. The first kappa shape index (κ1) is 11.1. The molecule has 0 amide bonds. The highest BCUT2D eigenvalue weighted by Gasteiger charge is 2.49. The Morgan fingerprint density at radius 2 is 2.11 bits per heavy atom. The van der Waals surface area contributed by atoms with Crippen molar-refractivity contribution in [1.82, 2.24) is 0 Å². The van der Waals surface area contributed by atoms with Gasteiger partial charge in [0.15, 0.2) is 5.78 Å². The molecule has 0 spiro atoms. The van der Waals surface area contributed by atoms with Crippen LogP contribution in [-0.4, -0.2) is 28.1 Å². The van der Waals surface area contributed by atoms with Gasteiger partial charge in [0.25, 0.3) is 0 Å². The topological polar surface area (TPSA) is 83.8 Å². The van der Waals surface area contributed by atoms with Crippen molar-refractivity contribution in [3.8, 4) is 11.5 Å². The molecule has 2 N–H and O–H groups in total. The summed E-state index contributed by atoms with van der Waals surface area (Å²) in [6, 6.07) is 4.34. The average molecular weight is 248 g/mol. The van der Waals surface area contributed by atoms with Crippen LogP contribution in [0.15, 0.2) is 18.2 Å². The molecule has 1 aliphatic heterocycles. The number of hydrogen-bond acceptors (Lipinski definition) is 4. The number of ketones is 1. The summed E-state index contributed by atoms with van der Waals surface area (Å²) in [6.45, 7) is 0. The fourth-order valence-electron chi connectivity index (χ4n) is 2.88. The second-order valence-electron chi connectivity index (χ2n) is 4.75. The molecule has 1 fully saturated rings. The normalized spacial score (nSPS) is 29.3. The van der Waals surface area contributed by atoms with Crippen molar-refractivity contribution in [2.45, 2.75) is 18.9 Å². The van der Waals surface area contributed by atoms with E-state index in [0.29, 0.717) is 18.6 Å². The molecular weight excluding hydrogens is 236 g/mol. The summed E-state index contributed by atoms with van der Waals surface area (Å²) >= 11 is 0. The Morgan fingerprint density at radius 3 is 2.83 bits per heavy atom. The van der Waals surface area contributed by atoms with E-state index in [9.17, 15) is 14.7 Å². The van der Waals surface area contributed by atoms with E-state index in [1.807, 2.05) is 0 Å². The number of benzene rings is 1. The van der Waals surface area contributed by atoms with Crippen molar-refractivity contribution in [2.24, 2.45) is 11.8 Å². The van der Waals surface area contributed by atoms with Crippen LogP contribution in [0.4, 0.5) is 0 Å². The second kappa shape index (κ2) is 3.73. The van der Waals surface area contributed by atoms with Crippen LogP contribution < -0.4 is 4.74 Å². The molecule has 0 saturated heterocycles. The van der Waals surface area contributed by atoms with Crippen LogP contribution in [-0.2, 0) is 4.79 Å². The van der Waals surface area contributed by atoms with Gasteiger partial charge in [-0.1, -0.05) is 0 Å². The predicted molar refractivity (Wildman–Crippen MR) is 60.7 cm³/mol. The molecule has 3 atom stereocenters. The number of phenols is 1. The Labute approximate surface area is 103 Å². The Hall–Kier alpha value is -2.04. The van der Waals surface area contributed by atoms with Crippen molar-refractivity contribution < 1.29 is 24.5 Å². The summed E-state index contributed by atoms with van der Waals surface area (Å²) in [5.41, 5.74) is 0.282. The van der Waals surface area contributed by atoms with Crippen molar-refractivity contribution in [3.05, 3.63) is 23.8 Å². The number of carboxylic acids is 1. The largest absolute Gasteiger partial charge is 0.508 e. The number of carboxylic acid groups (broad SMARTS) is 1. The molecule has 18 heavy (non-hydrogen) atoms. The van der Waals surface area contributed by atoms with E-state index >= 15 is 0 Å². The molecule has 3 rings (SSSR count). The molecule has 5 heteroatoms. The molecule has 0 bridgehead atoms. The molecule has 1 saturated carbocycles. The van der Waals surface area contributed by atoms with E-state index < -0.39 is 17.8 Å². The summed E-state index contributed by atoms with van der Waals surface area (Å²) in [5.74, 6) is -2.08. The Kier molecular flexibility index (Phi) is 2.29. The molecule has 0 radical (unpaired) electrons. The van der Waals surface area contributed by atoms with Crippen LogP contribution in [0.25, 0.3) is 0 Å². The maximum atomic E-state index is 12.3. The predicted octanol–water partition coefficient (Wildman–Crippen LogP) is 1.45. The highest BCUT2D eigenvalue weighted by Crippen LogP contribution is 2.43. The van der Waals surface area contributed by atoms with Gasteiger partial charge in [0.05, 0.1) is 17.4 Å². The van der Waals surface area contributed by atoms with Crippen LogP contribution >= 0.6 is 0 Å². The fourth-order valence-corrected chi connectivity index (χ4v) is 2.88. The third-order valence-electron chi connectivity index (χ3n) is 3.72. The lowest BCUT2D eigenvalue weighted by molar-refractivity contribution is -0.142. The van der Waals surface area contributed by atoms with Crippen LogP contribution in [0, 0.1) is 11.8 Å². The number of carbonyl (C=O) groups is 2. The number of Topliss-reactive ketones (excluding diaryl/α,β-unsaturated/α-hetero) is 1. The van der Waals surface area contributed by atoms with Gasteiger partial charge in [-0.3, -0.25) is 9.59 Å². The zero-order valence-corrected chi connectivity index (χ0v) is 9.50. The maximum absolute atomic E-state index is 12.3. The first-order valence-electron chi connectivity index (χ1n) is 5.84. The molecule has 1 aromatic rings. The molecule has 94 valence electrons. The lowest BCUT2D eigenvalue weighted by atomic mass is 9.85. The number of aromatic hydroxyl groups is 1. The van der Waals surface area contributed by atoms with Crippen LogP contribution in [0.2, 0.25) is 0 Å². The highest BCUT2D eigenvalue weighted by atomic mass is 16.5. The van der Waals surface area contributed by atoms with Gasteiger partial charge in [-0.2, -0.15) is 0 Å². The second-order valence-corrected chi connectivity index (χ2v) is 4.75. The molecule has 1 heterocycles. The first-order valence-corrected chi connectivity index (χ1v) is 5.84. The number of phenolic OH excluding ortho intramolecular Hbond substituents is 1. The number of carbonyl (C=O) groups excluding carboxylic acids is 1. The number of ether oxygens (including phenoxy) is 1. The third-order valence-corrected chi connectivity index (χ3v) is 3.72. The number of fused-ring (bicyclic) bond motifs is 2. The van der Waals surface area contributed by atoms with Crippen LogP contribution in [0.1, 0.15) is 23.2 Å². The Bertz CT molecular complexity index is 536. The Balaban J connectivity index is 2.04. The number of aliphatic carboxylic acids is 1.